The summed E-state index contributed by atoms with van der Waals surface area (Å²) in [5, 5.41) is 1.06. The highest BCUT2D eigenvalue weighted by Crippen LogP contribution is 2.32. The van der Waals surface area contributed by atoms with E-state index in [1.165, 1.54) is 6.07 Å². The maximum atomic E-state index is 12.2. The maximum absolute atomic E-state index is 12.2. The summed E-state index contributed by atoms with van der Waals surface area (Å²) < 4.78 is 36.0. The van der Waals surface area contributed by atoms with E-state index in [1.54, 1.807) is 22.9 Å². The molecule has 1 aromatic heterocycles. The second-order valence-electron chi connectivity index (χ2n) is 7.29. The van der Waals surface area contributed by atoms with E-state index >= 15 is 0 Å². The molecule has 6 nitrogen and oxygen atoms in total. The van der Waals surface area contributed by atoms with Gasteiger partial charge in [-0.05, 0) is 29.8 Å². The van der Waals surface area contributed by atoms with Crippen molar-refractivity contribution in [3.63, 3.8) is 0 Å². The molecular weight excluding hydrogens is 422 g/mol. The molecule has 0 atom stereocenters. The van der Waals surface area contributed by atoms with Gasteiger partial charge in [0.25, 0.3) is 10.1 Å². The molecule has 4 aromatic carbocycles. The second-order valence-corrected chi connectivity index (χ2v) is 8.68. The number of imidazole rings is 1. The van der Waals surface area contributed by atoms with E-state index in [0.717, 1.165) is 11.3 Å². The van der Waals surface area contributed by atoms with Crippen LogP contribution < -0.4 is 5.43 Å². The van der Waals surface area contributed by atoms with Gasteiger partial charge in [0.15, 0.2) is 5.82 Å². The third kappa shape index (κ3) is 3.75. The SMILES string of the molecule is O=S(=O)(O)c1cc2c(nc(/C=C/c3ccccc3)n2Nc2ccccc2)c2ccccc12. The number of benzene rings is 4. The average Bonchev–Trinajstić information content (AvgIpc) is 3.15. The van der Waals surface area contributed by atoms with Gasteiger partial charge >= 0.3 is 0 Å². The van der Waals surface area contributed by atoms with Crippen molar-refractivity contribution in [2.75, 3.05) is 5.43 Å². The van der Waals surface area contributed by atoms with E-state index in [0.29, 0.717) is 27.6 Å². The summed E-state index contributed by atoms with van der Waals surface area (Å²) in [4.78, 5) is 4.66. The fourth-order valence-electron chi connectivity index (χ4n) is 3.71. The molecule has 1 heterocycles. The van der Waals surface area contributed by atoms with Gasteiger partial charge in [-0.3, -0.25) is 9.98 Å². The Balaban J connectivity index is 1.79. The van der Waals surface area contributed by atoms with Crippen LogP contribution in [0.25, 0.3) is 34.0 Å². The van der Waals surface area contributed by atoms with Crippen LogP contribution in [0.3, 0.4) is 0 Å². The van der Waals surface area contributed by atoms with E-state index in [9.17, 15) is 13.0 Å². The Morgan fingerprint density at radius 1 is 0.812 bits per heavy atom. The van der Waals surface area contributed by atoms with E-state index in [1.807, 2.05) is 78.9 Å². The number of fused-ring (bicyclic) bond motifs is 3. The van der Waals surface area contributed by atoms with Crippen molar-refractivity contribution in [1.29, 1.82) is 0 Å². The predicted molar refractivity (Wildman–Crippen MR) is 128 cm³/mol. The highest BCUT2D eigenvalue weighted by Gasteiger charge is 2.20. The molecule has 0 saturated heterocycles. The summed E-state index contributed by atoms with van der Waals surface area (Å²) in [6.07, 6.45) is 3.81. The fourth-order valence-corrected chi connectivity index (χ4v) is 4.42. The van der Waals surface area contributed by atoms with Crippen LogP contribution in [0.15, 0.2) is 95.9 Å². The lowest BCUT2D eigenvalue weighted by Gasteiger charge is -2.12. The first-order valence-corrected chi connectivity index (χ1v) is 11.4. The monoisotopic (exact) mass is 441 g/mol. The van der Waals surface area contributed by atoms with Gasteiger partial charge in [0.2, 0.25) is 0 Å². The Morgan fingerprint density at radius 2 is 1.44 bits per heavy atom. The second kappa shape index (κ2) is 7.96. The van der Waals surface area contributed by atoms with Crippen molar-refractivity contribution in [3.05, 3.63) is 102 Å². The molecular formula is C25H19N3O3S. The molecule has 0 saturated carbocycles. The Kier molecular flexibility index (Phi) is 4.97. The van der Waals surface area contributed by atoms with Crippen LogP contribution in [0, 0.1) is 0 Å². The van der Waals surface area contributed by atoms with Crippen molar-refractivity contribution in [3.8, 4) is 0 Å². The zero-order valence-electron chi connectivity index (χ0n) is 16.9. The maximum Gasteiger partial charge on any atom is 0.295 e. The lowest BCUT2D eigenvalue weighted by Crippen LogP contribution is -2.11. The van der Waals surface area contributed by atoms with Gasteiger partial charge < -0.3 is 0 Å². The molecule has 0 amide bonds. The first-order valence-electron chi connectivity index (χ1n) is 9.97. The van der Waals surface area contributed by atoms with Crippen LogP contribution in [0.5, 0.6) is 0 Å². The van der Waals surface area contributed by atoms with Gasteiger partial charge in [-0.1, -0.05) is 78.9 Å². The third-order valence-corrected chi connectivity index (χ3v) is 6.07. The van der Waals surface area contributed by atoms with Crippen LogP contribution in [-0.2, 0) is 10.1 Å². The van der Waals surface area contributed by atoms with Crippen LogP contribution in [0.4, 0.5) is 5.69 Å². The van der Waals surface area contributed by atoms with Gasteiger partial charge in [0, 0.05) is 10.8 Å². The van der Waals surface area contributed by atoms with E-state index in [4.69, 9.17) is 4.98 Å². The molecule has 0 aliphatic carbocycles. The Labute approximate surface area is 185 Å². The first kappa shape index (κ1) is 20.0. The molecule has 5 aromatic rings. The molecule has 0 unspecified atom stereocenters. The largest absolute Gasteiger partial charge is 0.295 e. The summed E-state index contributed by atoms with van der Waals surface area (Å²) >= 11 is 0. The van der Waals surface area contributed by atoms with E-state index in [-0.39, 0.29) is 4.90 Å². The molecule has 5 rings (SSSR count). The molecule has 0 spiro atoms. The number of nitrogens with one attached hydrogen (secondary N) is 1. The summed E-state index contributed by atoms with van der Waals surface area (Å²) in [5.41, 5.74) is 6.28. The minimum Gasteiger partial charge on any atom is -0.292 e. The van der Waals surface area contributed by atoms with Gasteiger partial charge in [0.05, 0.1) is 16.7 Å². The third-order valence-electron chi connectivity index (χ3n) is 5.17. The van der Waals surface area contributed by atoms with Crippen molar-refractivity contribution in [2.45, 2.75) is 4.90 Å². The zero-order chi connectivity index (χ0) is 22.1. The number of anilines is 1. The van der Waals surface area contributed by atoms with Gasteiger partial charge in [0.1, 0.15) is 4.90 Å². The minimum atomic E-state index is -4.44. The van der Waals surface area contributed by atoms with Gasteiger partial charge in [-0.25, -0.2) is 9.66 Å². The molecule has 0 radical (unpaired) electrons. The van der Waals surface area contributed by atoms with Crippen molar-refractivity contribution < 1.29 is 13.0 Å². The number of hydrogen-bond acceptors (Lipinski definition) is 4. The zero-order valence-corrected chi connectivity index (χ0v) is 17.7. The van der Waals surface area contributed by atoms with Crippen molar-refractivity contribution >= 4 is 49.8 Å². The number of aromatic nitrogens is 2. The summed E-state index contributed by atoms with van der Waals surface area (Å²) in [6.45, 7) is 0. The predicted octanol–water partition coefficient (Wildman–Crippen LogP) is 5.48. The minimum absolute atomic E-state index is 0.157. The van der Waals surface area contributed by atoms with Gasteiger partial charge in [-0.15, -0.1) is 0 Å². The number of hydrogen-bond donors (Lipinski definition) is 2. The number of nitrogens with zero attached hydrogens (tertiary/aromatic N) is 2. The normalized spacial score (nSPS) is 12.0. The summed E-state index contributed by atoms with van der Waals surface area (Å²) in [6, 6.07) is 27.8. The van der Waals surface area contributed by atoms with Crippen LogP contribution in [0.1, 0.15) is 11.4 Å². The number of rotatable bonds is 5. The van der Waals surface area contributed by atoms with E-state index in [2.05, 4.69) is 5.43 Å². The van der Waals surface area contributed by atoms with E-state index < -0.39 is 10.1 Å². The lowest BCUT2D eigenvalue weighted by atomic mass is 10.1. The molecule has 158 valence electrons. The van der Waals surface area contributed by atoms with Crippen molar-refractivity contribution in [1.82, 2.24) is 9.66 Å². The topological polar surface area (TPSA) is 84.2 Å². The van der Waals surface area contributed by atoms with Crippen LogP contribution >= 0.6 is 0 Å². The Morgan fingerprint density at radius 3 is 2.12 bits per heavy atom. The Hall–Kier alpha value is -3.94. The summed E-state index contributed by atoms with van der Waals surface area (Å²) in [5.74, 6) is 0.588. The first-order chi connectivity index (χ1) is 15.5. The smallest absolute Gasteiger partial charge is 0.292 e. The molecule has 0 bridgehead atoms. The standard InChI is InChI=1S/C25H19N3O3S/c29-32(30,31)23-17-22-25(21-14-8-7-13-20(21)23)26-24(16-15-18-9-3-1-4-10-18)28(22)27-19-11-5-2-6-12-19/h1-17,27H,(H,29,30,31)/b16-15+. The van der Waals surface area contributed by atoms with Crippen LogP contribution in [0.2, 0.25) is 0 Å². The number of para-hydroxylation sites is 1. The molecule has 0 fully saturated rings. The highest BCUT2D eigenvalue weighted by molar-refractivity contribution is 7.86. The quantitative estimate of drug-likeness (QED) is 0.353. The summed E-state index contributed by atoms with van der Waals surface area (Å²) in [7, 11) is -4.44. The highest BCUT2D eigenvalue weighted by atomic mass is 32.2. The van der Waals surface area contributed by atoms with Gasteiger partial charge in [-0.2, -0.15) is 8.42 Å². The molecule has 32 heavy (non-hydrogen) atoms. The lowest BCUT2D eigenvalue weighted by molar-refractivity contribution is 0.484. The molecule has 0 aliphatic rings. The molecule has 0 aliphatic heterocycles. The Bertz CT molecular complexity index is 1560. The molecule has 7 heteroatoms. The average molecular weight is 442 g/mol. The fraction of sp³-hybridized carbons (Fsp3) is 0. The molecule has 2 N–H and O–H groups in total. The van der Waals surface area contributed by atoms with Crippen LogP contribution in [-0.4, -0.2) is 22.6 Å². The van der Waals surface area contributed by atoms with Crippen molar-refractivity contribution in [2.24, 2.45) is 0 Å².